The van der Waals surface area contributed by atoms with Gasteiger partial charge in [-0.05, 0) is 61.9 Å². The molecular weight excluding hydrogens is 549 g/mol. The van der Waals surface area contributed by atoms with E-state index in [9.17, 15) is 14.7 Å². The predicted molar refractivity (Wildman–Crippen MR) is 155 cm³/mol. The number of hydrogen-bond donors (Lipinski definition) is 0. The molecule has 0 aliphatic heterocycles. The third-order valence-electron chi connectivity index (χ3n) is 7.81. The van der Waals surface area contributed by atoms with Crippen LogP contribution >= 0.6 is 11.3 Å². The standard InChI is InChI=1S/C25H25N3O5S.C6H10.Na/c1-5-27(24(31)20-11-16-8-6-7-9-19(16)28(20)13-23(29)30)25-26-18(14-34-25)17-12-21(32-3)15(2)10-22(17)33-4;1-2-5-4-6(5)3-1;/h6-12,14H,5,13H2,1-4H3,(H,29,30);5-6H,1-4H2;/q;;+1/p-1. The van der Waals surface area contributed by atoms with Gasteiger partial charge in [0, 0.05) is 28.4 Å². The minimum atomic E-state index is -1.27. The Labute approximate surface area is 266 Å². The fourth-order valence-corrected chi connectivity index (χ4v) is 6.50. The molecule has 2 aliphatic carbocycles. The van der Waals surface area contributed by atoms with Gasteiger partial charge in [-0.15, -0.1) is 11.3 Å². The summed E-state index contributed by atoms with van der Waals surface area (Å²) >= 11 is 1.32. The molecule has 2 atom stereocenters. The number of benzene rings is 2. The molecule has 2 fully saturated rings. The molecule has 10 heteroatoms. The molecule has 2 saturated carbocycles. The summed E-state index contributed by atoms with van der Waals surface area (Å²) in [4.78, 5) is 31.2. The van der Waals surface area contributed by atoms with Crippen LogP contribution in [0.25, 0.3) is 22.2 Å². The molecule has 2 unspecified atom stereocenters. The molecular formula is C31H34N3NaO5S. The Balaban J connectivity index is 0.000000483. The Morgan fingerprint density at radius 2 is 1.80 bits per heavy atom. The molecule has 0 N–H and O–H groups in total. The molecule has 0 radical (unpaired) electrons. The van der Waals surface area contributed by atoms with Crippen molar-refractivity contribution in [3.8, 4) is 22.8 Å². The number of para-hydroxylation sites is 1. The van der Waals surface area contributed by atoms with E-state index in [1.807, 2.05) is 43.5 Å². The first-order valence-electron chi connectivity index (χ1n) is 13.6. The summed E-state index contributed by atoms with van der Waals surface area (Å²) in [5.41, 5.74) is 3.25. The van der Waals surface area contributed by atoms with Crippen molar-refractivity contribution in [1.29, 1.82) is 0 Å². The number of carbonyl (C=O) groups is 2. The number of methoxy groups -OCH3 is 2. The van der Waals surface area contributed by atoms with Gasteiger partial charge < -0.3 is 23.9 Å². The number of anilines is 1. The zero-order valence-electron chi connectivity index (χ0n) is 24.3. The number of nitrogens with zero attached hydrogens (tertiary/aromatic N) is 3. The molecule has 6 rings (SSSR count). The van der Waals surface area contributed by atoms with Crippen molar-refractivity contribution in [2.75, 3.05) is 25.7 Å². The summed E-state index contributed by atoms with van der Waals surface area (Å²) in [5.74, 6) is 2.18. The number of rotatable bonds is 8. The Kier molecular flexibility index (Phi) is 10.2. The largest absolute Gasteiger partial charge is 1.00 e. The molecule has 1 amide bonds. The Hall–Kier alpha value is -2.85. The van der Waals surface area contributed by atoms with Gasteiger partial charge in [0.15, 0.2) is 5.13 Å². The van der Waals surface area contributed by atoms with Crippen LogP contribution in [0.5, 0.6) is 11.5 Å². The van der Waals surface area contributed by atoms with Gasteiger partial charge in [0.1, 0.15) is 17.2 Å². The van der Waals surface area contributed by atoms with Crippen molar-refractivity contribution >= 4 is 39.2 Å². The number of aliphatic carboxylic acids is 1. The van der Waals surface area contributed by atoms with E-state index in [-0.39, 0.29) is 41.2 Å². The third-order valence-corrected chi connectivity index (χ3v) is 8.68. The van der Waals surface area contributed by atoms with Crippen molar-refractivity contribution < 1.29 is 53.7 Å². The van der Waals surface area contributed by atoms with E-state index in [1.54, 1.807) is 51.7 Å². The summed E-state index contributed by atoms with van der Waals surface area (Å²) in [5, 5.41) is 14.5. The minimum absolute atomic E-state index is 0. The molecule has 2 aromatic heterocycles. The molecule has 41 heavy (non-hydrogen) atoms. The quantitative estimate of drug-likeness (QED) is 0.296. The Morgan fingerprint density at radius 1 is 1.10 bits per heavy atom. The second-order valence-electron chi connectivity index (χ2n) is 10.3. The van der Waals surface area contributed by atoms with Crippen LogP contribution in [0.15, 0.2) is 47.8 Å². The molecule has 4 aromatic rings. The number of carboxylic acid groups (broad SMARTS) is 1. The normalized spacial score (nSPS) is 16.7. The summed E-state index contributed by atoms with van der Waals surface area (Å²) in [6.07, 6.45) is 6.24. The van der Waals surface area contributed by atoms with Crippen LogP contribution in [0.1, 0.15) is 48.7 Å². The summed E-state index contributed by atoms with van der Waals surface area (Å²) < 4.78 is 12.5. The van der Waals surface area contributed by atoms with Gasteiger partial charge in [0.05, 0.1) is 32.4 Å². The number of aryl methyl sites for hydroxylation is 1. The number of hydrogen-bond acceptors (Lipinski definition) is 7. The SMILES string of the molecule is C1CC2CC2C1.CCN(C(=O)c1cc2ccccc2n1CC(=O)[O-])c1nc(-c2cc(OC)c(C)cc2OC)cs1.[Na+]. The molecule has 210 valence electrons. The summed E-state index contributed by atoms with van der Waals surface area (Å²) in [6, 6.07) is 12.7. The first kappa shape index (κ1) is 31.1. The van der Waals surface area contributed by atoms with Crippen LogP contribution in [0.2, 0.25) is 0 Å². The van der Waals surface area contributed by atoms with E-state index in [0.717, 1.165) is 16.5 Å². The smallest absolute Gasteiger partial charge is 0.548 e. The zero-order valence-corrected chi connectivity index (χ0v) is 27.1. The predicted octanol–water partition coefficient (Wildman–Crippen LogP) is 2.32. The number of fused-ring (bicyclic) bond motifs is 2. The second-order valence-corrected chi connectivity index (χ2v) is 11.2. The summed E-state index contributed by atoms with van der Waals surface area (Å²) in [6.45, 7) is 3.71. The van der Waals surface area contributed by atoms with E-state index < -0.39 is 12.5 Å². The zero-order chi connectivity index (χ0) is 28.4. The van der Waals surface area contributed by atoms with Gasteiger partial charge in [-0.3, -0.25) is 9.69 Å². The maximum atomic E-state index is 13.6. The molecule has 0 bridgehead atoms. The maximum Gasteiger partial charge on any atom is 1.00 e. The molecule has 2 heterocycles. The Morgan fingerprint density at radius 3 is 2.39 bits per heavy atom. The van der Waals surface area contributed by atoms with Crippen LogP contribution in [0.3, 0.4) is 0 Å². The van der Waals surface area contributed by atoms with Gasteiger partial charge in [0.25, 0.3) is 5.91 Å². The van der Waals surface area contributed by atoms with E-state index in [1.165, 1.54) is 39.1 Å². The number of amides is 1. The molecule has 0 saturated heterocycles. The van der Waals surface area contributed by atoms with Gasteiger partial charge in [0.2, 0.25) is 0 Å². The molecule has 2 aliphatic rings. The number of carboxylic acids is 1. The average molecular weight is 584 g/mol. The van der Waals surface area contributed by atoms with Crippen LogP contribution < -0.4 is 49.0 Å². The molecule has 2 aromatic carbocycles. The average Bonchev–Trinajstić information content (AvgIpc) is 3.30. The second kappa shape index (κ2) is 13.4. The van der Waals surface area contributed by atoms with Crippen molar-refractivity contribution in [2.24, 2.45) is 11.8 Å². The fourth-order valence-electron chi connectivity index (χ4n) is 5.61. The minimum Gasteiger partial charge on any atom is -0.548 e. The van der Waals surface area contributed by atoms with Crippen LogP contribution in [0, 0.1) is 18.8 Å². The third kappa shape index (κ3) is 6.64. The van der Waals surface area contributed by atoms with Gasteiger partial charge in [-0.25, -0.2) is 4.98 Å². The first-order valence-corrected chi connectivity index (χ1v) is 14.5. The van der Waals surface area contributed by atoms with E-state index in [2.05, 4.69) is 0 Å². The van der Waals surface area contributed by atoms with Crippen molar-refractivity contribution in [3.63, 3.8) is 0 Å². The monoisotopic (exact) mass is 583 g/mol. The number of thiazole rings is 1. The fraction of sp³-hybridized carbons (Fsp3) is 0.387. The van der Waals surface area contributed by atoms with E-state index in [4.69, 9.17) is 14.5 Å². The van der Waals surface area contributed by atoms with Crippen LogP contribution in [-0.2, 0) is 11.3 Å². The topological polar surface area (TPSA) is 96.7 Å². The van der Waals surface area contributed by atoms with Crippen molar-refractivity contribution in [2.45, 2.75) is 46.1 Å². The molecule has 8 nitrogen and oxygen atoms in total. The van der Waals surface area contributed by atoms with Gasteiger partial charge in [-0.2, -0.15) is 0 Å². The van der Waals surface area contributed by atoms with Gasteiger partial charge >= 0.3 is 29.6 Å². The Bertz CT molecular complexity index is 1540. The van der Waals surface area contributed by atoms with Crippen molar-refractivity contribution in [3.05, 3.63) is 59.1 Å². The maximum absolute atomic E-state index is 13.6. The number of carbonyl (C=O) groups excluding carboxylic acids is 2. The van der Waals surface area contributed by atoms with Crippen molar-refractivity contribution in [1.82, 2.24) is 9.55 Å². The first-order chi connectivity index (χ1) is 19.3. The summed E-state index contributed by atoms with van der Waals surface area (Å²) in [7, 11) is 3.20. The molecule has 0 spiro atoms. The van der Waals surface area contributed by atoms with Gasteiger partial charge in [-0.1, -0.05) is 37.5 Å². The van der Waals surface area contributed by atoms with E-state index in [0.29, 0.717) is 34.4 Å². The number of ether oxygens (including phenoxy) is 2. The van der Waals surface area contributed by atoms with E-state index >= 15 is 0 Å². The van der Waals surface area contributed by atoms with Crippen LogP contribution in [-0.4, -0.2) is 42.2 Å². The van der Waals surface area contributed by atoms with Crippen LogP contribution in [0.4, 0.5) is 5.13 Å². The number of aromatic nitrogens is 2.